The van der Waals surface area contributed by atoms with Crippen molar-refractivity contribution in [3.8, 4) is 0 Å². The molecule has 132 valence electrons. The number of carbonyl (C=O) groups excluding carboxylic acids is 1. The fourth-order valence-corrected chi connectivity index (χ4v) is 2.55. The Balaban J connectivity index is 2.20. The van der Waals surface area contributed by atoms with E-state index in [4.69, 9.17) is 4.74 Å². The third-order valence-corrected chi connectivity index (χ3v) is 4.05. The average molecular weight is 333 g/mol. The molecule has 0 saturated heterocycles. The van der Waals surface area contributed by atoms with Crippen molar-refractivity contribution in [3.63, 3.8) is 0 Å². The van der Waals surface area contributed by atoms with Crippen LogP contribution in [0.25, 0.3) is 11.0 Å². The number of anilines is 1. The molecule has 0 fully saturated rings. The second-order valence-corrected chi connectivity index (χ2v) is 6.49. The lowest BCUT2D eigenvalue weighted by molar-refractivity contribution is 0.160. The molecular weight excluding hydrogens is 306 g/mol. The van der Waals surface area contributed by atoms with Crippen molar-refractivity contribution >= 4 is 22.8 Å². The minimum Gasteiger partial charge on any atom is -0.449 e. The van der Waals surface area contributed by atoms with Crippen LogP contribution in [0.5, 0.6) is 0 Å². The molecule has 0 aliphatic heterocycles. The van der Waals surface area contributed by atoms with E-state index >= 15 is 0 Å². The number of carbonyl (C=O) groups is 1. The van der Waals surface area contributed by atoms with Gasteiger partial charge >= 0.3 is 11.8 Å². The zero-order valence-corrected chi connectivity index (χ0v) is 15.0. The van der Waals surface area contributed by atoms with E-state index in [9.17, 15) is 9.59 Å². The first-order valence-electron chi connectivity index (χ1n) is 8.57. The molecule has 1 aromatic carbocycles. The minimum absolute atomic E-state index is 0.0340. The maximum Gasteiger partial charge on any atom is 0.411 e. The Labute approximate surface area is 142 Å². The highest BCUT2D eigenvalue weighted by Gasteiger charge is 2.12. The molecule has 1 heterocycles. The summed E-state index contributed by atoms with van der Waals surface area (Å²) in [6, 6.07) is 5.48. The molecule has 0 saturated carbocycles. The summed E-state index contributed by atoms with van der Waals surface area (Å²) in [5.74, 6) is 0.533. The zero-order chi connectivity index (χ0) is 17.7. The fourth-order valence-electron chi connectivity index (χ4n) is 2.55. The summed E-state index contributed by atoms with van der Waals surface area (Å²) in [5.41, 5.74) is 2.28. The van der Waals surface area contributed by atoms with E-state index in [1.807, 2.05) is 19.1 Å². The fraction of sp³-hybridized carbons (Fsp3) is 0.556. The average Bonchev–Trinajstić information content (AvgIpc) is 2.77. The van der Waals surface area contributed by atoms with E-state index in [-0.39, 0.29) is 5.69 Å². The Morgan fingerprint density at radius 3 is 2.71 bits per heavy atom. The molecule has 24 heavy (non-hydrogen) atoms. The van der Waals surface area contributed by atoms with Crippen LogP contribution in [0.2, 0.25) is 0 Å². The van der Waals surface area contributed by atoms with Crippen LogP contribution in [-0.4, -0.2) is 21.8 Å². The minimum atomic E-state index is -0.466. The van der Waals surface area contributed by atoms with Gasteiger partial charge in [0.15, 0.2) is 0 Å². The van der Waals surface area contributed by atoms with Crippen LogP contribution in [0.4, 0.5) is 10.5 Å². The predicted octanol–water partition coefficient (Wildman–Crippen LogP) is 3.73. The monoisotopic (exact) mass is 333 g/mol. The topological polar surface area (TPSA) is 65.3 Å². The Morgan fingerprint density at radius 1 is 1.29 bits per heavy atom. The summed E-state index contributed by atoms with van der Waals surface area (Å²) in [6.45, 7) is 7.43. The molecule has 0 spiro atoms. The number of aromatic nitrogens is 2. The lowest BCUT2D eigenvalue weighted by atomic mass is 10.1. The van der Waals surface area contributed by atoms with Crippen molar-refractivity contribution in [1.82, 2.24) is 9.13 Å². The maximum atomic E-state index is 12.4. The largest absolute Gasteiger partial charge is 0.449 e. The van der Waals surface area contributed by atoms with E-state index in [2.05, 4.69) is 19.2 Å². The van der Waals surface area contributed by atoms with Crippen molar-refractivity contribution in [2.75, 3.05) is 11.9 Å². The molecule has 0 aliphatic carbocycles. The lowest BCUT2D eigenvalue weighted by Gasteiger charge is -2.08. The Bertz CT molecular complexity index is 759. The summed E-state index contributed by atoms with van der Waals surface area (Å²) in [5, 5.41) is 2.71. The number of hydrogen-bond donors (Lipinski definition) is 1. The van der Waals surface area contributed by atoms with Gasteiger partial charge in [-0.1, -0.05) is 27.2 Å². The molecule has 0 radical (unpaired) electrons. The van der Waals surface area contributed by atoms with E-state index in [1.54, 1.807) is 22.2 Å². The molecule has 0 aliphatic rings. The van der Waals surface area contributed by atoms with Gasteiger partial charge < -0.3 is 4.74 Å². The summed E-state index contributed by atoms with van der Waals surface area (Å²) in [6.07, 6.45) is 2.31. The van der Waals surface area contributed by atoms with Crippen LogP contribution >= 0.6 is 0 Å². The number of benzene rings is 1. The number of hydrogen-bond acceptors (Lipinski definition) is 3. The van der Waals surface area contributed by atoms with Gasteiger partial charge in [0.2, 0.25) is 0 Å². The smallest absolute Gasteiger partial charge is 0.411 e. The van der Waals surface area contributed by atoms with Crippen LogP contribution in [-0.2, 0) is 18.3 Å². The lowest BCUT2D eigenvalue weighted by Crippen LogP contribution is -2.22. The Morgan fingerprint density at radius 2 is 2.04 bits per heavy atom. The SMILES string of the molecule is CCCCOC(=O)Nc1ccc2c(c1)n(C)c(=O)n2CCC(C)C. The van der Waals surface area contributed by atoms with Gasteiger partial charge in [-0.2, -0.15) is 0 Å². The number of amides is 1. The van der Waals surface area contributed by atoms with Crippen LogP contribution in [0.3, 0.4) is 0 Å². The highest BCUT2D eigenvalue weighted by Crippen LogP contribution is 2.19. The summed E-state index contributed by atoms with van der Waals surface area (Å²) in [7, 11) is 1.75. The van der Waals surface area contributed by atoms with Crippen LogP contribution in [0.15, 0.2) is 23.0 Å². The highest BCUT2D eigenvalue weighted by molar-refractivity contribution is 5.89. The number of ether oxygens (including phenoxy) is 1. The molecule has 2 aromatic rings. The second-order valence-electron chi connectivity index (χ2n) is 6.49. The zero-order valence-electron chi connectivity index (χ0n) is 15.0. The van der Waals surface area contributed by atoms with Gasteiger partial charge in [-0.3, -0.25) is 14.5 Å². The van der Waals surface area contributed by atoms with E-state index < -0.39 is 6.09 Å². The Hall–Kier alpha value is -2.24. The van der Waals surface area contributed by atoms with Crippen LogP contribution < -0.4 is 11.0 Å². The molecule has 1 N–H and O–H groups in total. The molecule has 6 nitrogen and oxygen atoms in total. The molecule has 0 bridgehead atoms. The van der Waals surface area contributed by atoms with Gasteiger partial charge in [0.05, 0.1) is 17.6 Å². The maximum absolute atomic E-state index is 12.4. The summed E-state index contributed by atoms with van der Waals surface area (Å²) in [4.78, 5) is 24.2. The summed E-state index contributed by atoms with van der Waals surface area (Å²) >= 11 is 0. The quantitative estimate of drug-likeness (QED) is 0.785. The van der Waals surface area contributed by atoms with Gasteiger partial charge in [-0.05, 0) is 37.0 Å². The van der Waals surface area contributed by atoms with Crippen molar-refractivity contribution in [2.45, 2.75) is 46.6 Å². The van der Waals surface area contributed by atoms with Crippen LogP contribution in [0.1, 0.15) is 40.0 Å². The normalized spacial score (nSPS) is 11.2. The first-order valence-corrected chi connectivity index (χ1v) is 8.57. The number of aryl methyl sites for hydroxylation is 2. The predicted molar refractivity (Wildman–Crippen MR) is 96.5 cm³/mol. The number of rotatable bonds is 7. The molecule has 2 rings (SSSR count). The van der Waals surface area contributed by atoms with Gasteiger partial charge in [0.25, 0.3) is 0 Å². The third-order valence-electron chi connectivity index (χ3n) is 4.05. The first kappa shape index (κ1) is 18.1. The van der Waals surface area contributed by atoms with Crippen molar-refractivity contribution < 1.29 is 9.53 Å². The van der Waals surface area contributed by atoms with Crippen LogP contribution in [0, 0.1) is 5.92 Å². The van der Waals surface area contributed by atoms with Gasteiger partial charge in [-0.15, -0.1) is 0 Å². The van der Waals surface area contributed by atoms with E-state index in [0.29, 0.717) is 24.8 Å². The number of nitrogens with one attached hydrogen (secondary N) is 1. The molecule has 0 unspecified atom stereocenters. The second kappa shape index (κ2) is 8.04. The van der Waals surface area contributed by atoms with E-state index in [1.165, 1.54) is 0 Å². The number of nitrogens with zero attached hydrogens (tertiary/aromatic N) is 2. The number of fused-ring (bicyclic) bond motifs is 1. The molecule has 1 amide bonds. The Kier molecular flexibility index (Phi) is 6.06. The molecule has 1 aromatic heterocycles. The molecule has 0 atom stereocenters. The van der Waals surface area contributed by atoms with Crippen molar-refractivity contribution in [2.24, 2.45) is 13.0 Å². The van der Waals surface area contributed by atoms with Gasteiger partial charge in [0, 0.05) is 19.3 Å². The van der Waals surface area contributed by atoms with E-state index in [0.717, 1.165) is 30.3 Å². The molecular formula is C18H27N3O3. The number of imidazole rings is 1. The standard InChI is InChI=1S/C18H27N3O3/c1-5-6-11-24-17(22)19-14-7-8-15-16(12-14)20(4)18(23)21(15)10-9-13(2)3/h7-8,12-13H,5-6,9-11H2,1-4H3,(H,19,22). The van der Waals surface area contributed by atoms with Crippen molar-refractivity contribution in [1.29, 1.82) is 0 Å². The summed E-state index contributed by atoms with van der Waals surface area (Å²) < 4.78 is 8.50. The van der Waals surface area contributed by atoms with Gasteiger partial charge in [0.1, 0.15) is 0 Å². The number of unbranched alkanes of at least 4 members (excludes halogenated alkanes) is 1. The third kappa shape index (κ3) is 4.19. The van der Waals surface area contributed by atoms with Crippen molar-refractivity contribution in [3.05, 3.63) is 28.7 Å². The molecule has 6 heteroatoms. The highest BCUT2D eigenvalue weighted by atomic mass is 16.5. The first-order chi connectivity index (χ1) is 11.4. The van der Waals surface area contributed by atoms with Gasteiger partial charge in [-0.25, -0.2) is 9.59 Å².